The molecular weight excluding hydrogens is 302 g/mol. The van der Waals surface area contributed by atoms with E-state index in [0.29, 0.717) is 17.4 Å². The van der Waals surface area contributed by atoms with Crippen LogP contribution < -0.4 is 5.32 Å². The molecule has 3 fully saturated rings. The van der Waals surface area contributed by atoms with Crippen LogP contribution in [0.15, 0.2) is 24.5 Å². The highest BCUT2D eigenvalue weighted by Gasteiger charge is 2.44. The Morgan fingerprint density at radius 3 is 2.42 bits per heavy atom. The number of nitrogens with zero attached hydrogens (tertiary/aromatic N) is 2. The lowest BCUT2D eigenvalue weighted by molar-refractivity contribution is -0.138. The summed E-state index contributed by atoms with van der Waals surface area (Å²) >= 11 is 0. The number of carbonyl (C=O) groups is 2. The van der Waals surface area contributed by atoms with E-state index in [1.807, 2.05) is 4.90 Å². The third-order valence-electron chi connectivity index (χ3n) is 6.14. The van der Waals surface area contributed by atoms with Crippen LogP contribution in [-0.4, -0.2) is 40.8 Å². The zero-order valence-corrected chi connectivity index (χ0v) is 14.0. The van der Waals surface area contributed by atoms with Gasteiger partial charge in [0.1, 0.15) is 0 Å². The van der Waals surface area contributed by atoms with Crippen molar-refractivity contribution in [1.82, 2.24) is 15.2 Å². The van der Waals surface area contributed by atoms with Gasteiger partial charge in [0.25, 0.3) is 5.91 Å². The summed E-state index contributed by atoms with van der Waals surface area (Å²) < 4.78 is 0. The van der Waals surface area contributed by atoms with Crippen LogP contribution in [0, 0.1) is 17.8 Å². The van der Waals surface area contributed by atoms with E-state index >= 15 is 0 Å². The largest absolute Gasteiger partial charge is 0.349 e. The molecule has 3 unspecified atom stereocenters. The van der Waals surface area contributed by atoms with Gasteiger partial charge in [-0.05, 0) is 56.1 Å². The lowest BCUT2D eigenvalue weighted by Gasteiger charge is -2.35. The van der Waals surface area contributed by atoms with Gasteiger partial charge < -0.3 is 10.2 Å². The van der Waals surface area contributed by atoms with Crippen molar-refractivity contribution in [2.75, 3.05) is 13.1 Å². The Kier molecular flexibility index (Phi) is 4.25. The van der Waals surface area contributed by atoms with Crippen LogP contribution in [-0.2, 0) is 4.79 Å². The van der Waals surface area contributed by atoms with Gasteiger partial charge in [-0.3, -0.25) is 14.6 Å². The van der Waals surface area contributed by atoms with Crippen molar-refractivity contribution in [2.45, 2.75) is 44.6 Å². The molecule has 3 aliphatic rings. The molecule has 5 heteroatoms. The fourth-order valence-electron chi connectivity index (χ4n) is 4.80. The van der Waals surface area contributed by atoms with Crippen molar-refractivity contribution in [1.29, 1.82) is 0 Å². The summed E-state index contributed by atoms with van der Waals surface area (Å²) in [5, 5.41) is 3.09. The Morgan fingerprint density at radius 2 is 1.79 bits per heavy atom. The van der Waals surface area contributed by atoms with Crippen LogP contribution in [0.3, 0.4) is 0 Å². The summed E-state index contributed by atoms with van der Waals surface area (Å²) in [6.45, 7) is 1.54. The molecule has 0 radical (unpaired) electrons. The van der Waals surface area contributed by atoms with Crippen LogP contribution in [0.4, 0.5) is 0 Å². The second-order valence-electron chi connectivity index (χ2n) is 7.59. The number of hydrogen-bond acceptors (Lipinski definition) is 3. The van der Waals surface area contributed by atoms with Gasteiger partial charge in [0.2, 0.25) is 5.91 Å². The number of carbonyl (C=O) groups excluding carboxylic acids is 2. The number of fused-ring (bicyclic) bond motifs is 2. The lowest BCUT2D eigenvalue weighted by Crippen LogP contribution is -2.48. The molecule has 4 rings (SSSR count). The maximum Gasteiger partial charge on any atom is 0.251 e. The smallest absolute Gasteiger partial charge is 0.251 e. The fourth-order valence-corrected chi connectivity index (χ4v) is 4.80. The van der Waals surface area contributed by atoms with Gasteiger partial charge >= 0.3 is 0 Å². The molecule has 24 heavy (non-hydrogen) atoms. The summed E-state index contributed by atoms with van der Waals surface area (Å²) in [4.78, 5) is 31.0. The summed E-state index contributed by atoms with van der Waals surface area (Å²) in [7, 11) is 0. The van der Waals surface area contributed by atoms with Gasteiger partial charge in [0, 0.05) is 43.0 Å². The lowest BCUT2D eigenvalue weighted by atomic mass is 9.87. The normalized spacial score (nSPS) is 29.7. The van der Waals surface area contributed by atoms with E-state index in [2.05, 4.69) is 10.3 Å². The summed E-state index contributed by atoms with van der Waals surface area (Å²) in [6.07, 6.45) is 9.93. The van der Waals surface area contributed by atoms with Crippen LogP contribution >= 0.6 is 0 Å². The Morgan fingerprint density at radius 1 is 1.04 bits per heavy atom. The predicted octanol–water partition coefficient (Wildman–Crippen LogP) is 2.24. The molecule has 1 aromatic heterocycles. The van der Waals surface area contributed by atoms with Gasteiger partial charge in [-0.15, -0.1) is 0 Å². The standard InChI is InChI=1S/C19H25N3O2/c23-18(14-3-7-20-8-4-14)21-16-5-9-22(10-6-16)19(24)17-12-13-1-2-15(17)11-13/h3-4,7-8,13,15-17H,1-2,5-6,9-12H2,(H,21,23). The molecule has 1 N–H and O–H groups in total. The fraction of sp³-hybridized carbons (Fsp3) is 0.632. The highest BCUT2D eigenvalue weighted by molar-refractivity contribution is 5.94. The van der Waals surface area contributed by atoms with Gasteiger partial charge in [-0.1, -0.05) is 6.42 Å². The minimum atomic E-state index is -0.0460. The maximum atomic E-state index is 12.8. The quantitative estimate of drug-likeness (QED) is 0.926. The Hall–Kier alpha value is -1.91. The number of amides is 2. The van der Waals surface area contributed by atoms with E-state index in [1.165, 1.54) is 19.3 Å². The van der Waals surface area contributed by atoms with E-state index in [4.69, 9.17) is 0 Å². The zero-order valence-electron chi connectivity index (χ0n) is 14.0. The van der Waals surface area contributed by atoms with E-state index in [1.54, 1.807) is 24.5 Å². The molecule has 0 spiro atoms. The molecule has 128 valence electrons. The minimum absolute atomic E-state index is 0.0460. The van der Waals surface area contributed by atoms with Crippen LogP contribution in [0.5, 0.6) is 0 Å². The van der Waals surface area contributed by atoms with Crippen molar-refractivity contribution in [2.24, 2.45) is 17.8 Å². The molecule has 0 aromatic carbocycles. The average molecular weight is 327 g/mol. The van der Waals surface area contributed by atoms with Crippen molar-refractivity contribution < 1.29 is 9.59 Å². The topological polar surface area (TPSA) is 62.3 Å². The van der Waals surface area contributed by atoms with E-state index in [9.17, 15) is 9.59 Å². The van der Waals surface area contributed by atoms with Crippen LogP contribution in [0.1, 0.15) is 48.9 Å². The first-order chi connectivity index (χ1) is 11.7. The van der Waals surface area contributed by atoms with Crippen molar-refractivity contribution in [3.05, 3.63) is 30.1 Å². The third-order valence-corrected chi connectivity index (χ3v) is 6.14. The molecule has 1 aromatic rings. The van der Waals surface area contributed by atoms with Crippen LogP contribution in [0.2, 0.25) is 0 Å². The maximum absolute atomic E-state index is 12.8. The number of rotatable bonds is 3. The number of hydrogen-bond donors (Lipinski definition) is 1. The molecule has 2 aliphatic carbocycles. The Bertz CT molecular complexity index is 610. The number of aromatic nitrogens is 1. The molecule has 3 atom stereocenters. The molecule has 2 amide bonds. The summed E-state index contributed by atoms with van der Waals surface area (Å²) in [5.41, 5.74) is 0.644. The summed E-state index contributed by atoms with van der Waals surface area (Å²) in [6, 6.07) is 3.61. The number of pyridine rings is 1. The third kappa shape index (κ3) is 3.04. The highest BCUT2D eigenvalue weighted by Crippen LogP contribution is 2.49. The first-order valence-electron chi connectivity index (χ1n) is 9.20. The van der Waals surface area contributed by atoms with Crippen molar-refractivity contribution in [3.8, 4) is 0 Å². The van der Waals surface area contributed by atoms with Crippen molar-refractivity contribution in [3.63, 3.8) is 0 Å². The Balaban J connectivity index is 1.28. The molecular formula is C19H25N3O2. The van der Waals surface area contributed by atoms with E-state index < -0.39 is 0 Å². The Labute approximate surface area is 142 Å². The molecule has 5 nitrogen and oxygen atoms in total. The van der Waals surface area contributed by atoms with Gasteiger partial charge in [0.05, 0.1) is 0 Å². The second kappa shape index (κ2) is 6.54. The molecule has 2 saturated carbocycles. The van der Waals surface area contributed by atoms with Gasteiger partial charge in [0.15, 0.2) is 0 Å². The molecule has 2 bridgehead atoms. The van der Waals surface area contributed by atoms with E-state index in [0.717, 1.165) is 38.3 Å². The second-order valence-corrected chi connectivity index (χ2v) is 7.59. The molecule has 1 aliphatic heterocycles. The van der Waals surface area contributed by atoms with Gasteiger partial charge in [-0.25, -0.2) is 0 Å². The van der Waals surface area contributed by atoms with E-state index in [-0.39, 0.29) is 17.9 Å². The summed E-state index contributed by atoms with van der Waals surface area (Å²) in [5.74, 6) is 2.07. The molecule has 1 saturated heterocycles. The number of nitrogens with one attached hydrogen (secondary N) is 1. The minimum Gasteiger partial charge on any atom is -0.349 e. The first-order valence-corrected chi connectivity index (χ1v) is 9.20. The number of piperidine rings is 1. The van der Waals surface area contributed by atoms with Crippen molar-refractivity contribution >= 4 is 11.8 Å². The number of likely N-dealkylation sites (tertiary alicyclic amines) is 1. The zero-order chi connectivity index (χ0) is 16.5. The van der Waals surface area contributed by atoms with Crippen LogP contribution in [0.25, 0.3) is 0 Å². The highest BCUT2D eigenvalue weighted by atomic mass is 16.2. The average Bonchev–Trinajstić information content (AvgIpc) is 3.26. The van der Waals surface area contributed by atoms with Gasteiger partial charge in [-0.2, -0.15) is 0 Å². The SMILES string of the molecule is O=C(NC1CCN(C(=O)C2CC3CCC2C3)CC1)c1ccncc1. The molecule has 2 heterocycles. The predicted molar refractivity (Wildman–Crippen MR) is 90.2 cm³/mol. The monoisotopic (exact) mass is 327 g/mol. The first kappa shape index (κ1) is 15.6.